The fourth-order valence-corrected chi connectivity index (χ4v) is 3.25. The number of hydrogen-bond donors (Lipinski definition) is 1. The quantitative estimate of drug-likeness (QED) is 0.933. The lowest BCUT2D eigenvalue weighted by Gasteiger charge is -2.27. The van der Waals surface area contributed by atoms with Crippen LogP contribution in [0.3, 0.4) is 0 Å². The van der Waals surface area contributed by atoms with Gasteiger partial charge in [-0.3, -0.25) is 9.58 Å². The highest BCUT2D eigenvalue weighted by Crippen LogP contribution is 2.23. The van der Waals surface area contributed by atoms with E-state index in [9.17, 15) is 5.11 Å². The van der Waals surface area contributed by atoms with Crippen LogP contribution in [0, 0.1) is 0 Å². The van der Waals surface area contributed by atoms with Gasteiger partial charge < -0.3 is 5.11 Å². The maximum Gasteiger partial charge on any atom is 0.0843 e. The Balaban J connectivity index is 1.87. The Morgan fingerprint density at radius 3 is 2.95 bits per heavy atom. The van der Waals surface area contributed by atoms with Gasteiger partial charge in [0.2, 0.25) is 0 Å². The number of fused-ring (bicyclic) bond motifs is 1. The summed E-state index contributed by atoms with van der Waals surface area (Å²) in [5.41, 5.74) is 2.31. The third-order valence-electron chi connectivity index (χ3n) is 4.40. The zero-order valence-corrected chi connectivity index (χ0v) is 12.1. The van der Waals surface area contributed by atoms with Gasteiger partial charge in [-0.25, -0.2) is 0 Å². The second kappa shape index (κ2) is 5.94. The molecule has 1 aliphatic heterocycles. The summed E-state index contributed by atoms with van der Waals surface area (Å²) in [5.74, 6) is 0. The monoisotopic (exact) mass is 273 g/mol. The molecule has 108 valence electrons. The molecule has 0 aliphatic carbocycles. The number of hydrogen-bond acceptors (Lipinski definition) is 3. The van der Waals surface area contributed by atoms with Crippen LogP contribution in [0.5, 0.6) is 0 Å². The normalized spacial score (nSPS) is 21.2. The summed E-state index contributed by atoms with van der Waals surface area (Å²) in [4.78, 5) is 2.40. The Bertz CT molecular complexity index is 578. The number of aryl methyl sites for hydroxylation is 1. The van der Waals surface area contributed by atoms with Crippen LogP contribution in [0.1, 0.15) is 31.4 Å². The van der Waals surface area contributed by atoms with Crippen LogP contribution in [-0.4, -0.2) is 39.0 Å². The molecular weight excluding hydrogens is 250 g/mol. The number of para-hydroxylation sites is 1. The lowest BCUT2D eigenvalue weighted by molar-refractivity contribution is 0.117. The highest BCUT2D eigenvalue weighted by Gasteiger charge is 2.22. The number of aromatic nitrogens is 2. The first kappa shape index (κ1) is 13.6. The average molecular weight is 273 g/mol. The number of aliphatic hydroxyl groups excluding tert-OH is 1. The molecule has 1 aliphatic rings. The van der Waals surface area contributed by atoms with E-state index in [2.05, 4.69) is 34.3 Å². The highest BCUT2D eigenvalue weighted by molar-refractivity contribution is 5.81. The van der Waals surface area contributed by atoms with Gasteiger partial charge in [-0.2, -0.15) is 5.10 Å². The Labute approximate surface area is 120 Å². The van der Waals surface area contributed by atoms with Gasteiger partial charge in [0.15, 0.2) is 0 Å². The molecule has 3 rings (SSSR count). The van der Waals surface area contributed by atoms with Crippen LogP contribution in [0.25, 0.3) is 10.9 Å². The summed E-state index contributed by atoms with van der Waals surface area (Å²) >= 11 is 0. The minimum absolute atomic E-state index is 0.255. The van der Waals surface area contributed by atoms with Gasteiger partial charge >= 0.3 is 0 Å². The van der Waals surface area contributed by atoms with Crippen LogP contribution >= 0.6 is 0 Å². The van der Waals surface area contributed by atoms with Crippen molar-refractivity contribution in [2.45, 2.75) is 38.3 Å². The molecule has 1 unspecified atom stereocenters. The third kappa shape index (κ3) is 2.58. The molecule has 0 radical (unpaired) electrons. The van der Waals surface area contributed by atoms with Gasteiger partial charge in [-0.15, -0.1) is 0 Å². The summed E-state index contributed by atoms with van der Waals surface area (Å²) < 4.78 is 1.95. The standard InChI is InChI=1S/C16H23N3O/c1-18-16-9-5-4-8-14(16)15(17-18)11-19-10-6-2-3-7-13(19)12-20/h4-5,8-9,13,20H,2-3,6-7,10-12H2,1H3. The van der Waals surface area contributed by atoms with E-state index < -0.39 is 0 Å². The van der Waals surface area contributed by atoms with E-state index in [-0.39, 0.29) is 6.61 Å². The highest BCUT2D eigenvalue weighted by atomic mass is 16.3. The smallest absolute Gasteiger partial charge is 0.0843 e. The van der Waals surface area contributed by atoms with Crippen molar-refractivity contribution in [1.29, 1.82) is 0 Å². The van der Waals surface area contributed by atoms with E-state index in [1.54, 1.807) is 0 Å². The zero-order chi connectivity index (χ0) is 13.9. The molecule has 20 heavy (non-hydrogen) atoms. The molecule has 1 atom stereocenters. The second-order valence-electron chi connectivity index (χ2n) is 5.74. The van der Waals surface area contributed by atoms with E-state index in [1.807, 2.05) is 11.7 Å². The molecule has 2 heterocycles. The zero-order valence-electron chi connectivity index (χ0n) is 12.1. The maximum atomic E-state index is 9.62. The molecule has 1 aromatic heterocycles. The molecule has 4 nitrogen and oxygen atoms in total. The lowest BCUT2D eigenvalue weighted by atomic mass is 10.1. The molecule has 4 heteroatoms. The second-order valence-corrected chi connectivity index (χ2v) is 5.74. The van der Waals surface area contributed by atoms with Crippen molar-refractivity contribution in [2.24, 2.45) is 7.05 Å². The molecule has 0 saturated carbocycles. The number of nitrogens with zero attached hydrogens (tertiary/aromatic N) is 3. The summed E-state index contributed by atoms with van der Waals surface area (Å²) in [5, 5.41) is 15.5. The maximum absolute atomic E-state index is 9.62. The minimum Gasteiger partial charge on any atom is -0.395 e. The van der Waals surface area contributed by atoms with E-state index in [1.165, 1.54) is 30.2 Å². The largest absolute Gasteiger partial charge is 0.395 e. The van der Waals surface area contributed by atoms with Crippen molar-refractivity contribution in [3.63, 3.8) is 0 Å². The number of aliphatic hydroxyl groups is 1. The fraction of sp³-hybridized carbons (Fsp3) is 0.562. The van der Waals surface area contributed by atoms with Crippen molar-refractivity contribution in [2.75, 3.05) is 13.2 Å². The van der Waals surface area contributed by atoms with Crippen LogP contribution in [0.15, 0.2) is 24.3 Å². The topological polar surface area (TPSA) is 41.3 Å². The van der Waals surface area contributed by atoms with E-state index in [4.69, 9.17) is 0 Å². The summed E-state index contributed by atoms with van der Waals surface area (Å²) in [7, 11) is 2.00. The molecule has 0 spiro atoms. The third-order valence-corrected chi connectivity index (χ3v) is 4.40. The molecule has 0 amide bonds. The molecule has 1 fully saturated rings. The SMILES string of the molecule is Cn1nc(CN2CCCCCC2CO)c2ccccc21. The molecular formula is C16H23N3O. The predicted molar refractivity (Wildman–Crippen MR) is 80.5 cm³/mol. The van der Waals surface area contributed by atoms with Gasteiger partial charge in [0.1, 0.15) is 0 Å². The van der Waals surface area contributed by atoms with Crippen molar-refractivity contribution in [3.05, 3.63) is 30.0 Å². The van der Waals surface area contributed by atoms with Crippen LogP contribution < -0.4 is 0 Å². The number of benzene rings is 1. The van der Waals surface area contributed by atoms with E-state index in [0.717, 1.165) is 25.2 Å². The van der Waals surface area contributed by atoms with Crippen molar-refractivity contribution < 1.29 is 5.11 Å². The van der Waals surface area contributed by atoms with Crippen LogP contribution in [0.4, 0.5) is 0 Å². The van der Waals surface area contributed by atoms with Gasteiger partial charge in [0.25, 0.3) is 0 Å². The minimum atomic E-state index is 0.255. The fourth-order valence-electron chi connectivity index (χ4n) is 3.25. The molecule has 1 aromatic carbocycles. The average Bonchev–Trinajstić information content (AvgIpc) is 2.64. The Hall–Kier alpha value is -1.39. The van der Waals surface area contributed by atoms with Crippen molar-refractivity contribution >= 4 is 10.9 Å². The Kier molecular flexibility index (Phi) is 4.03. The molecule has 2 aromatic rings. The number of rotatable bonds is 3. The van der Waals surface area contributed by atoms with Gasteiger partial charge in [-0.05, 0) is 25.5 Å². The van der Waals surface area contributed by atoms with Gasteiger partial charge in [0, 0.05) is 25.0 Å². The van der Waals surface area contributed by atoms with Gasteiger partial charge in [-0.1, -0.05) is 31.0 Å². The molecule has 1 N–H and O–H groups in total. The van der Waals surface area contributed by atoms with E-state index in [0.29, 0.717) is 6.04 Å². The van der Waals surface area contributed by atoms with Crippen molar-refractivity contribution in [3.8, 4) is 0 Å². The van der Waals surface area contributed by atoms with Crippen LogP contribution in [0.2, 0.25) is 0 Å². The lowest BCUT2D eigenvalue weighted by Crippen LogP contribution is -2.37. The van der Waals surface area contributed by atoms with E-state index >= 15 is 0 Å². The van der Waals surface area contributed by atoms with Gasteiger partial charge in [0.05, 0.1) is 17.8 Å². The summed E-state index contributed by atoms with van der Waals surface area (Å²) in [6, 6.07) is 8.66. The van der Waals surface area contributed by atoms with Crippen LogP contribution in [-0.2, 0) is 13.6 Å². The number of likely N-dealkylation sites (tertiary alicyclic amines) is 1. The predicted octanol–water partition coefficient (Wildman–Crippen LogP) is 2.31. The summed E-state index contributed by atoms with van der Waals surface area (Å²) in [6.07, 6.45) is 4.82. The first-order valence-electron chi connectivity index (χ1n) is 7.55. The molecule has 0 bridgehead atoms. The first-order chi connectivity index (χ1) is 9.79. The Morgan fingerprint density at radius 2 is 2.10 bits per heavy atom. The summed E-state index contributed by atoms with van der Waals surface area (Å²) in [6.45, 7) is 2.16. The van der Waals surface area contributed by atoms with Crippen molar-refractivity contribution in [1.82, 2.24) is 14.7 Å². The Morgan fingerprint density at radius 1 is 1.25 bits per heavy atom. The first-order valence-corrected chi connectivity index (χ1v) is 7.55. The molecule has 1 saturated heterocycles.